The molecule has 2 rings (SSSR count). The van der Waals surface area contributed by atoms with Crippen LogP contribution in [0.4, 0.5) is 0 Å². The van der Waals surface area contributed by atoms with Crippen molar-refractivity contribution >= 4 is 10.9 Å². The van der Waals surface area contributed by atoms with Crippen molar-refractivity contribution in [2.75, 3.05) is 0 Å². The number of hydrogen-bond donors (Lipinski definition) is 1. The Kier molecular flexibility index (Phi) is 1.85. The first-order chi connectivity index (χ1) is 6.31. The number of aromatic nitrogens is 2. The van der Waals surface area contributed by atoms with Crippen LogP contribution in [0.15, 0.2) is 24.5 Å². The van der Waals surface area contributed by atoms with E-state index in [1.807, 2.05) is 13.0 Å². The number of fused-ring (bicyclic) bond motifs is 1. The molecule has 0 aromatic carbocycles. The lowest BCUT2D eigenvalue weighted by atomic mass is 10.2. The van der Waals surface area contributed by atoms with E-state index >= 15 is 0 Å². The van der Waals surface area contributed by atoms with Gasteiger partial charge in [-0.25, -0.2) is 4.98 Å². The maximum Gasteiger partial charge on any atom is 0.137 e. The molecule has 2 heterocycles. The molecule has 13 heavy (non-hydrogen) atoms. The predicted octanol–water partition coefficient (Wildman–Crippen LogP) is 1.90. The molecular weight excluding hydrogens is 164 g/mol. The van der Waals surface area contributed by atoms with E-state index < -0.39 is 0 Å². The summed E-state index contributed by atoms with van der Waals surface area (Å²) in [6.45, 7) is 1.97. The number of aryl methyl sites for hydroxylation is 1. The Hall–Kier alpha value is -1.64. The van der Waals surface area contributed by atoms with Crippen molar-refractivity contribution in [2.24, 2.45) is 0 Å². The standard InChI is InChI=1S/C10H10N2O/c1-2-8-10(13)5-7-6-11-4-3-9(7)12-8/h3-6,13H,2H2,1H3. The molecular formula is C10H10N2O. The number of pyridine rings is 2. The van der Waals surface area contributed by atoms with Crippen molar-refractivity contribution in [1.29, 1.82) is 0 Å². The van der Waals surface area contributed by atoms with Crippen molar-refractivity contribution in [1.82, 2.24) is 9.97 Å². The zero-order valence-electron chi connectivity index (χ0n) is 7.36. The molecule has 0 aliphatic carbocycles. The minimum Gasteiger partial charge on any atom is -0.506 e. The Morgan fingerprint density at radius 3 is 3.08 bits per heavy atom. The number of nitrogens with zero attached hydrogens (tertiary/aromatic N) is 2. The zero-order chi connectivity index (χ0) is 9.26. The number of aromatic hydroxyl groups is 1. The highest BCUT2D eigenvalue weighted by atomic mass is 16.3. The minimum absolute atomic E-state index is 0.253. The molecule has 2 aromatic rings. The van der Waals surface area contributed by atoms with Crippen LogP contribution in [0.2, 0.25) is 0 Å². The topological polar surface area (TPSA) is 46.0 Å². The third-order valence-electron chi connectivity index (χ3n) is 2.01. The summed E-state index contributed by atoms with van der Waals surface area (Å²) in [7, 11) is 0. The van der Waals surface area contributed by atoms with E-state index in [0.717, 1.165) is 23.0 Å². The third-order valence-corrected chi connectivity index (χ3v) is 2.01. The van der Waals surface area contributed by atoms with Crippen LogP contribution >= 0.6 is 0 Å². The van der Waals surface area contributed by atoms with E-state index in [1.165, 1.54) is 0 Å². The summed E-state index contributed by atoms with van der Waals surface area (Å²) in [4.78, 5) is 8.26. The lowest BCUT2D eigenvalue weighted by molar-refractivity contribution is 0.466. The molecule has 3 nitrogen and oxygen atoms in total. The maximum absolute atomic E-state index is 9.52. The predicted molar refractivity (Wildman–Crippen MR) is 50.6 cm³/mol. The summed E-state index contributed by atoms with van der Waals surface area (Å²) in [6.07, 6.45) is 4.14. The fourth-order valence-corrected chi connectivity index (χ4v) is 1.31. The number of hydrogen-bond acceptors (Lipinski definition) is 3. The van der Waals surface area contributed by atoms with Gasteiger partial charge in [-0.05, 0) is 18.6 Å². The fourth-order valence-electron chi connectivity index (χ4n) is 1.31. The van der Waals surface area contributed by atoms with Crippen LogP contribution in [0, 0.1) is 0 Å². The summed E-state index contributed by atoms with van der Waals surface area (Å²) in [5.41, 5.74) is 1.61. The van der Waals surface area contributed by atoms with E-state index in [9.17, 15) is 5.11 Å². The van der Waals surface area contributed by atoms with Gasteiger partial charge in [0.05, 0.1) is 11.2 Å². The van der Waals surface area contributed by atoms with E-state index in [1.54, 1.807) is 18.5 Å². The minimum atomic E-state index is 0.253. The highest BCUT2D eigenvalue weighted by Crippen LogP contribution is 2.20. The fraction of sp³-hybridized carbons (Fsp3) is 0.200. The van der Waals surface area contributed by atoms with E-state index in [2.05, 4.69) is 9.97 Å². The summed E-state index contributed by atoms with van der Waals surface area (Å²) in [6, 6.07) is 3.54. The average Bonchev–Trinajstić information content (AvgIpc) is 2.17. The van der Waals surface area contributed by atoms with E-state index in [-0.39, 0.29) is 5.75 Å². The molecule has 2 aromatic heterocycles. The first-order valence-electron chi connectivity index (χ1n) is 4.24. The largest absolute Gasteiger partial charge is 0.506 e. The molecule has 1 N–H and O–H groups in total. The second kappa shape index (κ2) is 3.01. The second-order valence-corrected chi connectivity index (χ2v) is 2.88. The van der Waals surface area contributed by atoms with Gasteiger partial charge in [0.1, 0.15) is 5.75 Å². The van der Waals surface area contributed by atoms with E-state index in [4.69, 9.17) is 0 Å². The van der Waals surface area contributed by atoms with Gasteiger partial charge in [-0.15, -0.1) is 0 Å². The van der Waals surface area contributed by atoms with Crippen LogP contribution in [0.1, 0.15) is 12.6 Å². The summed E-state index contributed by atoms with van der Waals surface area (Å²) < 4.78 is 0. The maximum atomic E-state index is 9.52. The smallest absolute Gasteiger partial charge is 0.137 e. The average molecular weight is 174 g/mol. The monoisotopic (exact) mass is 174 g/mol. The molecule has 0 aliphatic rings. The molecule has 0 radical (unpaired) electrons. The summed E-state index contributed by atoms with van der Waals surface area (Å²) >= 11 is 0. The molecule has 0 saturated carbocycles. The molecule has 0 saturated heterocycles. The van der Waals surface area contributed by atoms with Crippen molar-refractivity contribution in [3.8, 4) is 5.75 Å². The van der Waals surface area contributed by atoms with Crippen LogP contribution in [0.3, 0.4) is 0 Å². The Labute approximate surface area is 76.1 Å². The third kappa shape index (κ3) is 1.33. The summed E-state index contributed by atoms with van der Waals surface area (Å²) in [5, 5.41) is 10.4. The Bertz CT molecular complexity index is 440. The van der Waals surface area contributed by atoms with E-state index in [0.29, 0.717) is 0 Å². The molecule has 66 valence electrons. The second-order valence-electron chi connectivity index (χ2n) is 2.88. The van der Waals surface area contributed by atoms with Crippen LogP contribution in [0.25, 0.3) is 10.9 Å². The van der Waals surface area contributed by atoms with Gasteiger partial charge < -0.3 is 5.11 Å². The van der Waals surface area contributed by atoms with Crippen LogP contribution in [0.5, 0.6) is 5.75 Å². The Morgan fingerprint density at radius 2 is 2.31 bits per heavy atom. The van der Waals surface area contributed by atoms with Crippen molar-refractivity contribution in [3.63, 3.8) is 0 Å². The van der Waals surface area contributed by atoms with Crippen molar-refractivity contribution in [2.45, 2.75) is 13.3 Å². The molecule has 3 heteroatoms. The Balaban J connectivity index is 2.74. The van der Waals surface area contributed by atoms with Crippen LogP contribution < -0.4 is 0 Å². The van der Waals surface area contributed by atoms with Gasteiger partial charge in [0.15, 0.2) is 0 Å². The quantitative estimate of drug-likeness (QED) is 0.718. The zero-order valence-corrected chi connectivity index (χ0v) is 7.36. The van der Waals surface area contributed by atoms with Gasteiger partial charge in [-0.3, -0.25) is 4.98 Å². The normalized spacial score (nSPS) is 10.5. The number of rotatable bonds is 1. The van der Waals surface area contributed by atoms with Gasteiger partial charge >= 0.3 is 0 Å². The highest BCUT2D eigenvalue weighted by Gasteiger charge is 2.02. The molecule has 0 spiro atoms. The van der Waals surface area contributed by atoms with Crippen LogP contribution in [-0.2, 0) is 6.42 Å². The van der Waals surface area contributed by atoms with Gasteiger partial charge in [0.25, 0.3) is 0 Å². The molecule has 0 unspecified atom stereocenters. The van der Waals surface area contributed by atoms with Gasteiger partial charge in [0.2, 0.25) is 0 Å². The Morgan fingerprint density at radius 1 is 1.46 bits per heavy atom. The highest BCUT2D eigenvalue weighted by molar-refractivity contribution is 5.79. The molecule has 0 fully saturated rings. The van der Waals surface area contributed by atoms with Crippen molar-refractivity contribution < 1.29 is 5.11 Å². The lowest BCUT2D eigenvalue weighted by Gasteiger charge is -2.02. The van der Waals surface area contributed by atoms with Gasteiger partial charge in [0, 0.05) is 17.8 Å². The van der Waals surface area contributed by atoms with Crippen molar-refractivity contribution in [3.05, 3.63) is 30.2 Å². The SMILES string of the molecule is CCc1nc2ccncc2cc1O. The molecule has 0 amide bonds. The first kappa shape index (κ1) is 7.98. The molecule has 0 atom stereocenters. The lowest BCUT2D eigenvalue weighted by Crippen LogP contribution is -1.89. The van der Waals surface area contributed by atoms with Gasteiger partial charge in [-0.2, -0.15) is 0 Å². The summed E-state index contributed by atoms with van der Waals surface area (Å²) in [5.74, 6) is 0.253. The first-order valence-corrected chi connectivity index (χ1v) is 4.24. The van der Waals surface area contributed by atoms with Gasteiger partial charge in [-0.1, -0.05) is 6.92 Å². The van der Waals surface area contributed by atoms with Crippen LogP contribution in [-0.4, -0.2) is 15.1 Å². The molecule has 0 bridgehead atoms. The molecule has 0 aliphatic heterocycles.